The second kappa shape index (κ2) is 7.37. The van der Waals surface area contributed by atoms with Gasteiger partial charge in [0.25, 0.3) is 5.91 Å². The van der Waals surface area contributed by atoms with E-state index in [1.807, 2.05) is 51.1 Å². The minimum absolute atomic E-state index is 0.00695. The molecular formula is C22H21ClN4O2. The molecule has 1 atom stereocenters. The Hall–Kier alpha value is -3.12. The van der Waals surface area contributed by atoms with Crippen molar-refractivity contribution in [3.8, 4) is 11.1 Å². The molecule has 1 unspecified atom stereocenters. The van der Waals surface area contributed by atoms with Crippen LogP contribution in [0.3, 0.4) is 0 Å². The summed E-state index contributed by atoms with van der Waals surface area (Å²) in [4.78, 5) is 25.2. The molecule has 0 fully saturated rings. The number of halogens is 1. The number of amides is 2. The van der Waals surface area contributed by atoms with Gasteiger partial charge in [-0.1, -0.05) is 29.8 Å². The smallest absolute Gasteiger partial charge is 0.251 e. The summed E-state index contributed by atoms with van der Waals surface area (Å²) in [5.74, 6) is 0.140. The van der Waals surface area contributed by atoms with Crippen molar-refractivity contribution in [3.63, 3.8) is 0 Å². The summed E-state index contributed by atoms with van der Waals surface area (Å²) >= 11 is 5.98. The van der Waals surface area contributed by atoms with Crippen LogP contribution < -0.4 is 10.6 Å². The van der Waals surface area contributed by atoms with Gasteiger partial charge in [-0.05, 0) is 61.7 Å². The summed E-state index contributed by atoms with van der Waals surface area (Å²) in [6, 6.07) is 12.5. The van der Waals surface area contributed by atoms with Crippen LogP contribution in [0.15, 0.2) is 42.5 Å². The first kappa shape index (κ1) is 19.2. The predicted octanol–water partition coefficient (Wildman–Crippen LogP) is 4.65. The molecule has 7 heteroatoms. The quantitative estimate of drug-likeness (QED) is 0.659. The van der Waals surface area contributed by atoms with Crippen molar-refractivity contribution >= 4 is 34.9 Å². The number of carbonyl (C=O) groups is 2. The molecule has 0 radical (unpaired) electrons. The zero-order valence-corrected chi connectivity index (χ0v) is 17.2. The van der Waals surface area contributed by atoms with E-state index in [4.69, 9.17) is 11.6 Å². The molecule has 1 aliphatic rings. The first-order valence-corrected chi connectivity index (χ1v) is 9.73. The first-order chi connectivity index (χ1) is 13.8. The van der Waals surface area contributed by atoms with Crippen LogP contribution in [-0.2, 0) is 9.59 Å². The number of anilines is 2. The molecule has 2 heterocycles. The topological polar surface area (TPSA) is 76.0 Å². The molecule has 1 aromatic heterocycles. The highest BCUT2D eigenvalue weighted by atomic mass is 35.5. The van der Waals surface area contributed by atoms with Crippen molar-refractivity contribution < 1.29 is 9.59 Å². The van der Waals surface area contributed by atoms with E-state index in [-0.39, 0.29) is 18.2 Å². The van der Waals surface area contributed by atoms with E-state index >= 15 is 0 Å². The third kappa shape index (κ3) is 3.76. The molecule has 2 amide bonds. The zero-order valence-electron chi connectivity index (χ0n) is 16.4. The SMILES string of the molecule is Cc1cc(C)cc(NC(=O)CC2C(=O)Nc3c(-c4ccc(Cl)cc4)c(C)nn32)c1. The molecule has 3 aromatic rings. The summed E-state index contributed by atoms with van der Waals surface area (Å²) in [6.07, 6.45) is 0.00695. The lowest BCUT2D eigenvalue weighted by Gasteiger charge is -2.11. The van der Waals surface area contributed by atoms with Crippen molar-refractivity contribution in [2.24, 2.45) is 0 Å². The standard InChI is InChI=1S/C22H21ClN4O2/c1-12-8-13(2)10-17(9-12)24-19(28)11-18-22(29)25-21-20(14(3)26-27(18)21)15-4-6-16(23)7-5-15/h4-10,18H,11H2,1-3H3,(H,24,28)(H,25,29). The number of carbonyl (C=O) groups excluding carboxylic acids is 2. The lowest BCUT2D eigenvalue weighted by Crippen LogP contribution is -2.23. The summed E-state index contributed by atoms with van der Waals surface area (Å²) in [5, 5.41) is 10.9. The van der Waals surface area contributed by atoms with Gasteiger partial charge in [-0.3, -0.25) is 9.59 Å². The zero-order chi connectivity index (χ0) is 20.7. The Balaban J connectivity index is 1.58. The molecule has 6 nitrogen and oxygen atoms in total. The van der Waals surface area contributed by atoms with Crippen molar-refractivity contribution in [1.82, 2.24) is 9.78 Å². The molecular weight excluding hydrogens is 388 g/mol. The number of nitrogens with one attached hydrogen (secondary N) is 2. The van der Waals surface area contributed by atoms with Crippen LogP contribution in [-0.4, -0.2) is 21.6 Å². The highest BCUT2D eigenvalue weighted by Crippen LogP contribution is 2.38. The van der Waals surface area contributed by atoms with Crippen molar-refractivity contribution in [3.05, 3.63) is 64.3 Å². The number of benzene rings is 2. The Morgan fingerprint density at radius 1 is 1.14 bits per heavy atom. The van der Waals surface area contributed by atoms with Gasteiger partial charge in [0.2, 0.25) is 5.91 Å². The summed E-state index contributed by atoms with van der Waals surface area (Å²) in [5.41, 5.74) is 5.39. The maximum atomic E-state index is 12.6. The highest BCUT2D eigenvalue weighted by molar-refractivity contribution is 6.30. The highest BCUT2D eigenvalue weighted by Gasteiger charge is 2.36. The lowest BCUT2D eigenvalue weighted by atomic mass is 10.1. The molecule has 148 valence electrons. The van der Waals surface area contributed by atoms with Gasteiger partial charge >= 0.3 is 0 Å². The van der Waals surface area contributed by atoms with Gasteiger partial charge in [0, 0.05) is 16.3 Å². The van der Waals surface area contributed by atoms with Crippen LogP contribution in [0.5, 0.6) is 0 Å². The number of aromatic nitrogens is 2. The molecule has 0 spiro atoms. The molecule has 0 saturated carbocycles. The van der Waals surface area contributed by atoms with E-state index < -0.39 is 6.04 Å². The van der Waals surface area contributed by atoms with Crippen molar-refractivity contribution in [2.75, 3.05) is 10.6 Å². The van der Waals surface area contributed by atoms with Gasteiger partial charge in [0.15, 0.2) is 0 Å². The fourth-order valence-corrected chi connectivity index (χ4v) is 3.91. The molecule has 0 bridgehead atoms. The number of aryl methyl sites for hydroxylation is 3. The van der Waals surface area contributed by atoms with Crippen LogP contribution in [0.4, 0.5) is 11.5 Å². The van der Waals surface area contributed by atoms with Crippen molar-refractivity contribution in [2.45, 2.75) is 33.2 Å². The van der Waals surface area contributed by atoms with Crippen LogP contribution in [0.25, 0.3) is 11.1 Å². The molecule has 4 rings (SSSR count). The third-order valence-corrected chi connectivity index (χ3v) is 5.19. The van der Waals surface area contributed by atoms with Gasteiger partial charge < -0.3 is 10.6 Å². The number of nitrogens with zero attached hydrogens (tertiary/aromatic N) is 2. The summed E-state index contributed by atoms with van der Waals surface area (Å²) in [6.45, 7) is 5.84. The Bertz CT molecular complexity index is 1100. The fourth-order valence-electron chi connectivity index (χ4n) is 3.78. The van der Waals surface area contributed by atoms with Crippen LogP contribution in [0.1, 0.15) is 29.3 Å². The second-order valence-corrected chi connectivity index (χ2v) is 7.83. The maximum absolute atomic E-state index is 12.6. The van der Waals surface area contributed by atoms with Crippen LogP contribution in [0, 0.1) is 20.8 Å². The average Bonchev–Trinajstić information content (AvgIpc) is 3.09. The summed E-state index contributed by atoms with van der Waals surface area (Å²) in [7, 11) is 0. The Kier molecular flexibility index (Phi) is 4.88. The first-order valence-electron chi connectivity index (χ1n) is 9.36. The molecule has 29 heavy (non-hydrogen) atoms. The number of fused-ring (bicyclic) bond motifs is 1. The largest absolute Gasteiger partial charge is 0.326 e. The van der Waals surface area contributed by atoms with Crippen LogP contribution in [0.2, 0.25) is 5.02 Å². The van der Waals surface area contributed by atoms with E-state index in [2.05, 4.69) is 15.7 Å². The van der Waals surface area contributed by atoms with E-state index in [0.29, 0.717) is 10.8 Å². The number of hydrogen-bond donors (Lipinski definition) is 2. The second-order valence-electron chi connectivity index (χ2n) is 7.39. The monoisotopic (exact) mass is 408 g/mol. The minimum atomic E-state index is -0.685. The van der Waals surface area contributed by atoms with E-state index in [1.54, 1.807) is 16.8 Å². The molecule has 2 N–H and O–H groups in total. The number of hydrogen-bond acceptors (Lipinski definition) is 3. The van der Waals surface area contributed by atoms with Crippen LogP contribution >= 0.6 is 11.6 Å². The Morgan fingerprint density at radius 2 is 1.79 bits per heavy atom. The fraction of sp³-hybridized carbons (Fsp3) is 0.227. The third-order valence-electron chi connectivity index (χ3n) is 4.94. The summed E-state index contributed by atoms with van der Waals surface area (Å²) < 4.78 is 1.61. The Morgan fingerprint density at radius 3 is 2.45 bits per heavy atom. The normalized spacial score (nSPS) is 15.2. The van der Waals surface area contributed by atoms with Crippen molar-refractivity contribution in [1.29, 1.82) is 0 Å². The van der Waals surface area contributed by atoms with Gasteiger partial charge in [-0.25, -0.2) is 4.68 Å². The van der Waals surface area contributed by atoms with E-state index in [0.717, 1.165) is 33.6 Å². The molecule has 0 saturated heterocycles. The molecule has 2 aromatic carbocycles. The molecule has 0 aliphatic carbocycles. The Labute approximate surface area is 173 Å². The van der Waals surface area contributed by atoms with Gasteiger partial charge in [-0.15, -0.1) is 0 Å². The van der Waals surface area contributed by atoms with E-state index in [1.165, 1.54) is 0 Å². The predicted molar refractivity (Wildman–Crippen MR) is 114 cm³/mol. The maximum Gasteiger partial charge on any atom is 0.251 e. The van der Waals surface area contributed by atoms with Gasteiger partial charge in [0.05, 0.1) is 12.1 Å². The minimum Gasteiger partial charge on any atom is -0.326 e. The van der Waals surface area contributed by atoms with E-state index in [9.17, 15) is 9.59 Å². The lowest BCUT2D eigenvalue weighted by molar-refractivity contribution is -0.123. The number of rotatable bonds is 4. The average molecular weight is 409 g/mol. The van der Waals surface area contributed by atoms with Gasteiger partial charge in [-0.2, -0.15) is 5.10 Å². The molecule has 1 aliphatic heterocycles. The van der Waals surface area contributed by atoms with Gasteiger partial charge in [0.1, 0.15) is 11.9 Å².